The highest BCUT2D eigenvalue weighted by molar-refractivity contribution is 5.33. The highest BCUT2D eigenvalue weighted by Gasteiger charge is 2.37. The minimum Gasteiger partial charge on any atom is -0.322 e. The average molecular weight is 288 g/mol. The zero-order chi connectivity index (χ0) is 15.9. The Labute approximate surface area is 130 Å². The molecule has 1 aliphatic rings. The molecule has 0 fully saturated rings. The number of hydrogen-bond donors (Lipinski definition) is 2. The molecule has 0 aromatic heterocycles. The van der Waals surface area contributed by atoms with E-state index in [0.29, 0.717) is 6.04 Å². The van der Waals surface area contributed by atoms with Gasteiger partial charge in [0.2, 0.25) is 0 Å². The van der Waals surface area contributed by atoms with Crippen molar-refractivity contribution in [3.05, 3.63) is 48.6 Å². The van der Waals surface area contributed by atoms with Gasteiger partial charge < -0.3 is 11.1 Å². The molecular formula is C19H32N2. The van der Waals surface area contributed by atoms with Gasteiger partial charge >= 0.3 is 0 Å². The molecule has 2 nitrogen and oxygen atoms in total. The van der Waals surface area contributed by atoms with Gasteiger partial charge in [-0.3, -0.25) is 0 Å². The predicted molar refractivity (Wildman–Crippen MR) is 94.2 cm³/mol. The van der Waals surface area contributed by atoms with Gasteiger partial charge in [-0.05, 0) is 45.7 Å². The molecule has 0 aromatic carbocycles. The lowest BCUT2D eigenvalue weighted by Crippen LogP contribution is -2.44. The number of nitrogens with one attached hydrogen (secondary N) is 1. The van der Waals surface area contributed by atoms with Crippen LogP contribution in [0.15, 0.2) is 48.6 Å². The summed E-state index contributed by atoms with van der Waals surface area (Å²) in [4.78, 5) is 0. The summed E-state index contributed by atoms with van der Waals surface area (Å²) in [5.41, 5.74) is 7.65. The summed E-state index contributed by atoms with van der Waals surface area (Å²) in [5, 5.41) is 3.39. The molecule has 0 aliphatic heterocycles. The fraction of sp³-hybridized carbons (Fsp3) is 0.579. The summed E-state index contributed by atoms with van der Waals surface area (Å²) in [6, 6.07) is 0.407. The first-order chi connectivity index (χ1) is 9.89. The van der Waals surface area contributed by atoms with Crippen molar-refractivity contribution in [2.24, 2.45) is 11.1 Å². The molecule has 3 unspecified atom stereocenters. The quantitative estimate of drug-likeness (QED) is 0.570. The van der Waals surface area contributed by atoms with Gasteiger partial charge in [-0.25, -0.2) is 0 Å². The van der Waals surface area contributed by atoms with E-state index in [1.807, 2.05) is 26.1 Å². The molecule has 0 saturated heterocycles. The second-order valence-corrected chi connectivity index (χ2v) is 6.56. The smallest absolute Gasteiger partial charge is 0.0384 e. The van der Waals surface area contributed by atoms with Crippen LogP contribution in [0, 0.1) is 5.41 Å². The first-order valence-electron chi connectivity index (χ1n) is 8.00. The molecular weight excluding hydrogens is 256 g/mol. The Kier molecular flexibility index (Phi) is 6.63. The molecule has 0 spiro atoms. The van der Waals surface area contributed by atoms with Crippen LogP contribution in [0.2, 0.25) is 0 Å². The maximum atomic E-state index is 6.69. The molecule has 1 rings (SSSR count). The van der Waals surface area contributed by atoms with Crippen LogP contribution in [0.1, 0.15) is 46.5 Å². The summed E-state index contributed by atoms with van der Waals surface area (Å²) >= 11 is 0. The second-order valence-electron chi connectivity index (χ2n) is 6.56. The molecule has 0 aromatic rings. The predicted octanol–water partition coefficient (Wildman–Crippen LogP) is 4.12. The van der Waals surface area contributed by atoms with E-state index in [0.717, 1.165) is 19.3 Å². The molecule has 0 bridgehead atoms. The lowest BCUT2D eigenvalue weighted by Gasteiger charge is -2.38. The SMILES string of the molecule is C=CC1(C)CCCC(NC)C=C1C(C)(N)C/C=C/C=C/C. The van der Waals surface area contributed by atoms with Crippen molar-refractivity contribution in [2.75, 3.05) is 7.05 Å². The Morgan fingerprint density at radius 2 is 2.24 bits per heavy atom. The topological polar surface area (TPSA) is 38.0 Å². The minimum atomic E-state index is -0.347. The third-order valence-electron chi connectivity index (χ3n) is 4.61. The third-order valence-corrected chi connectivity index (χ3v) is 4.61. The van der Waals surface area contributed by atoms with Crippen molar-refractivity contribution in [1.82, 2.24) is 5.32 Å². The first-order valence-corrected chi connectivity index (χ1v) is 8.00. The van der Waals surface area contributed by atoms with Gasteiger partial charge in [0.1, 0.15) is 0 Å². The molecule has 2 heteroatoms. The maximum Gasteiger partial charge on any atom is 0.0384 e. The average Bonchev–Trinajstić information content (AvgIpc) is 2.63. The van der Waals surface area contributed by atoms with E-state index in [1.54, 1.807) is 0 Å². The van der Waals surface area contributed by atoms with Gasteiger partial charge in [0, 0.05) is 17.0 Å². The standard InChI is InChI=1S/C19H32N2/c1-6-8-9-10-14-19(4,20)17-15-16(21-5)12-11-13-18(17,3)7-2/h6-10,15-16,21H,2,11-14,20H2,1,3-5H3/b8-6+,10-9+. The number of nitrogens with two attached hydrogens (primary N) is 1. The maximum absolute atomic E-state index is 6.69. The van der Waals surface area contributed by atoms with Gasteiger partial charge in [-0.2, -0.15) is 0 Å². The Morgan fingerprint density at radius 3 is 2.81 bits per heavy atom. The van der Waals surface area contributed by atoms with Crippen LogP contribution in [-0.2, 0) is 0 Å². The molecule has 3 atom stereocenters. The molecule has 3 N–H and O–H groups in total. The highest BCUT2D eigenvalue weighted by atomic mass is 14.9. The first kappa shape index (κ1) is 17.9. The van der Waals surface area contributed by atoms with Crippen LogP contribution >= 0.6 is 0 Å². The molecule has 1 aliphatic carbocycles. The van der Waals surface area contributed by atoms with Crippen molar-refractivity contribution < 1.29 is 0 Å². The van der Waals surface area contributed by atoms with E-state index in [-0.39, 0.29) is 11.0 Å². The number of rotatable bonds is 6. The van der Waals surface area contributed by atoms with Crippen LogP contribution in [0.4, 0.5) is 0 Å². The summed E-state index contributed by atoms with van der Waals surface area (Å²) in [5.74, 6) is 0. The summed E-state index contributed by atoms with van der Waals surface area (Å²) in [6.45, 7) is 10.5. The van der Waals surface area contributed by atoms with Crippen LogP contribution in [0.5, 0.6) is 0 Å². The van der Waals surface area contributed by atoms with E-state index in [2.05, 4.69) is 50.0 Å². The number of allylic oxidation sites excluding steroid dienone is 4. The highest BCUT2D eigenvalue weighted by Crippen LogP contribution is 2.43. The Hall–Kier alpha value is -1.12. The minimum absolute atomic E-state index is 0.0104. The van der Waals surface area contributed by atoms with E-state index in [1.165, 1.54) is 12.0 Å². The largest absolute Gasteiger partial charge is 0.322 e. The van der Waals surface area contributed by atoms with Crippen molar-refractivity contribution in [3.63, 3.8) is 0 Å². The van der Waals surface area contributed by atoms with Crippen LogP contribution in [0.3, 0.4) is 0 Å². The normalized spacial score (nSPS) is 30.1. The monoisotopic (exact) mass is 288 g/mol. The van der Waals surface area contributed by atoms with Gasteiger partial charge in [0.15, 0.2) is 0 Å². The molecule has 0 radical (unpaired) electrons. The van der Waals surface area contributed by atoms with Crippen LogP contribution in [-0.4, -0.2) is 18.6 Å². The lowest BCUT2D eigenvalue weighted by atomic mass is 9.70. The second kappa shape index (κ2) is 7.77. The zero-order valence-electron chi connectivity index (χ0n) is 14.2. The summed E-state index contributed by atoms with van der Waals surface area (Å²) < 4.78 is 0. The number of hydrogen-bond acceptors (Lipinski definition) is 2. The fourth-order valence-electron chi connectivity index (χ4n) is 3.19. The zero-order valence-corrected chi connectivity index (χ0v) is 14.2. The van der Waals surface area contributed by atoms with Gasteiger partial charge in [0.05, 0.1) is 0 Å². The van der Waals surface area contributed by atoms with Crippen molar-refractivity contribution in [1.29, 1.82) is 0 Å². The Bertz CT molecular complexity index is 429. The summed E-state index contributed by atoms with van der Waals surface area (Å²) in [7, 11) is 2.02. The van der Waals surface area contributed by atoms with E-state index in [9.17, 15) is 0 Å². The van der Waals surface area contributed by atoms with Crippen molar-refractivity contribution in [2.45, 2.75) is 58.0 Å². The molecule has 21 heavy (non-hydrogen) atoms. The van der Waals surface area contributed by atoms with Crippen LogP contribution in [0.25, 0.3) is 0 Å². The van der Waals surface area contributed by atoms with E-state index in [4.69, 9.17) is 5.73 Å². The fourth-order valence-corrected chi connectivity index (χ4v) is 3.19. The lowest BCUT2D eigenvalue weighted by molar-refractivity contribution is 0.380. The number of likely N-dealkylation sites (N-methyl/N-ethyl adjacent to an activating group) is 1. The van der Waals surface area contributed by atoms with Gasteiger partial charge in [0.25, 0.3) is 0 Å². The molecule has 0 saturated carbocycles. The molecule has 0 amide bonds. The van der Waals surface area contributed by atoms with E-state index < -0.39 is 0 Å². The Balaban J connectivity index is 3.10. The van der Waals surface area contributed by atoms with Gasteiger partial charge in [-0.15, -0.1) is 6.58 Å². The van der Waals surface area contributed by atoms with Crippen molar-refractivity contribution in [3.8, 4) is 0 Å². The summed E-state index contributed by atoms with van der Waals surface area (Å²) in [6.07, 6.45) is 17.0. The van der Waals surface area contributed by atoms with Crippen molar-refractivity contribution >= 4 is 0 Å². The molecule has 118 valence electrons. The Morgan fingerprint density at radius 1 is 1.52 bits per heavy atom. The van der Waals surface area contributed by atoms with Crippen LogP contribution < -0.4 is 11.1 Å². The van der Waals surface area contributed by atoms with Gasteiger partial charge in [-0.1, -0.05) is 49.8 Å². The molecule has 0 heterocycles. The third kappa shape index (κ3) is 4.69. The van der Waals surface area contributed by atoms with E-state index >= 15 is 0 Å².